The van der Waals surface area contributed by atoms with E-state index in [4.69, 9.17) is 16.7 Å². The molecule has 0 heterocycles. The van der Waals surface area contributed by atoms with Crippen LogP contribution in [0.5, 0.6) is 0 Å². The fraction of sp³-hybridized carbons (Fsp3) is 1.00. The van der Waals surface area contributed by atoms with Crippen molar-refractivity contribution in [3.8, 4) is 0 Å². The lowest BCUT2D eigenvalue weighted by Gasteiger charge is -2.12. The maximum absolute atomic E-state index is 11.4. The fourth-order valence-corrected chi connectivity index (χ4v) is 2.63. The molecule has 4 nitrogen and oxygen atoms in total. The van der Waals surface area contributed by atoms with Crippen molar-refractivity contribution in [1.29, 1.82) is 0 Å². The summed E-state index contributed by atoms with van der Waals surface area (Å²) in [7, 11) is -3.20. The van der Waals surface area contributed by atoms with Gasteiger partial charge in [-0.15, -0.1) is 11.6 Å². The van der Waals surface area contributed by atoms with Gasteiger partial charge >= 0.3 is 0 Å². The zero-order chi connectivity index (χ0) is 11.0. The molecule has 0 saturated heterocycles. The molecular weight excluding hydrogens is 226 g/mol. The summed E-state index contributed by atoms with van der Waals surface area (Å²) in [6, 6.07) is -0.207. The number of hydrogen-bond acceptors (Lipinski definition) is 3. The molecule has 0 radical (unpaired) electrons. The third-order valence-electron chi connectivity index (χ3n) is 1.74. The van der Waals surface area contributed by atoms with Crippen LogP contribution in [0.4, 0.5) is 0 Å². The highest BCUT2D eigenvalue weighted by atomic mass is 35.5. The molecule has 0 fully saturated rings. The molecule has 1 atom stereocenters. The third-order valence-corrected chi connectivity index (χ3v) is 3.59. The van der Waals surface area contributed by atoms with Crippen LogP contribution < -0.4 is 4.72 Å². The Morgan fingerprint density at radius 1 is 1.43 bits per heavy atom. The zero-order valence-corrected chi connectivity index (χ0v) is 9.94. The third kappa shape index (κ3) is 7.55. The van der Waals surface area contributed by atoms with Gasteiger partial charge in [-0.05, 0) is 26.2 Å². The van der Waals surface area contributed by atoms with E-state index in [1.807, 2.05) is 0 Å². The predicted molar refractivity (Wildman–Crippen MR) is 58.0 cm³/mol. The minimum absolute atomic E-state index is 0.00856. The van der Waals surface area contributed by atoms with Crippen molar-refractivity contribution < 1.29 is 13.5 Å². The molecule has 0 saturated carbocycles. The van der Waals surface area contributed by atoms with Gasteiger partial charge < -0.3 is 5.11 Å². The summed E-state index contributed by atoms with van der Waals surface area (Å²) in [4.78, 5) is 0. The van der Waals surface area contributed by atoms with Crippen LogP contribution in [0.25, 0.3) is 0 Å². The largest absolute Gasteiger partial charge is 0.396 e. The van der Waals surface area contributed by atoms with Gasteiger partial charge in [0, 0.05) is 18.5 Å². The van der Waals surface area contributed by atoms with Gasteiger partial charge in [-0.1, -0.05) is 0 Å². The number of unbranched alkanes of at least 4 members (excludes halogenated alkanes) is 1. The lowest BCUT2D eigenvalue weighted by molar-refractivity contribution is 0.275. The van der Waals surface area contributed by atoms with E-state index in [1.54, 1.807) is 6.92 Å². The Hall–Kier alpha value is 0.160. The molecule has 0 aromatic rings. The van der Waals surface area contributed by atoms with Crippen molar-refractivity contribution in [2.45, 2.75) is 32.2 Å². The second kappa shape index (κ2) is 7.45. The highest BCUT2D eigenvalue weighted by Gasteiger charge is 2.13. The monoisotopic (exact) mass is 243 g/mol. The fourth-order valence-electron chi connectivity index (χ4n) is 1.00. The minimum atomic E-state index is -3.20. The number of rotatable bonds is 8. The van der Waals surface area contributed by atoms with Crippen molar-refractivity contribution in [2.24, 2.45) is 0 Å². The van der Waals surface area contributed by atoms with Crippen molar-refractivity contribution in [3.05, 3.63) is 0 Å². The van der Waals surface area contributed by atoms with E-state index in [9.17, 15) is 8.42 Å². The Kier molecular flexibility index (Phi) is 7.54. The van der Waals surface area contributed by atoms with Crippen LogP contribution in [0.1, 0.15) is 26.2 Å². The summed E-state index contributed by atoms with van der Waals surface area (Å²) in [6.07, 6.45) is 1.72. The van der Waals surface area contributed by atoms with Gasteiger partial charge in [0.15, 0.2) is 0 Å². The summed E-state index contributed by atoms with van der Waals surface area (Å²) >= 11 is 5.44. The van der Waals surface area contributed by atoms with Crippen LogP contribution in [-0.2, 0) is 10.0 Å². The molecule has 14 heavy (non-hydrogen) atoms. The van der Waals surface area contributed by atoms with Crippen molar-refractivity contribution in [1.82, 2.24) is 4.72 Å². The van der Waals surface area contributed by atoms with Gasteiger partial charge in [0.1, 0.15) is 0 Å². The van der Waals surface area contributed by atoms with Crippen LogP contribution >= 0.6 is 11.6 Å². The minimum Gasteiger partial charge on any atom is -0.396 e. The smallest absolute Gasteiger partial charge is 0.211 e. The van der Waals surface area contributed by atoms with Crippen LogP contribution in [0.2, 0.25) is 0 Å². The Balaban J connectivity index is 3.82. The lowest BCUT2D eigenvalue weighted by Crippen LogP contribution is -2.34. The van der Waals surface area contributed by atoms with E-state index in [0.29, 0.717) is 25.1 Å². The van der Waals surface area contributed by atoms with E-state index < -0.39 is 10.0 Å². The summed E-state index contributed by atoms with van der Waals surface area (Å²) in [5.74, 6) is 0.594. The molecular formula is C8H18ClNO3S. The summed E-state index contributed by atoms with van der Waals surface area (Å²) in [6.45, 7) is 1.72. The van der Waals surface area contributed by atoms with Crippen LogP contribution in [0, 0.1) is 0 Å². The molecule has 0 aromatic carbocycles. The highest BCUT2D eigenvalue weighted by molar-refractivity contribution is 7.89. The van der Waals surface area contributed by atoms with E-state index in [2.05, 4.69) is 4.72 Å². The molecule has 0 aliphatic heterocycles. The summed E-state index contributed by atoms with van der Waals surface area (Å²) in [5, 5.41) is 8.60. The molecule has 0 aromatic heterocycles. The SMILES string of the molecule is CC(CCO)NS(=O)(=O)CCCCCl. The maximum Gasteiger partial charge on any atom is 0.211 e. The molecule has 0 amide bonds. The molecule has 1 unspecified atom stereocenters. The Morgan fingerprint density at radius 3 is 2.57 bits per heavy atom. The molecule has 0 spiro atoms. The zero-order valence-electron chi connectivity index (χ0n) is 8.37. The van der Waals surface area contributed by atoms with Crippen molar-refractivity contribution in [2.75, 3.05) is 18.2 Å². The molecule has 2 N–H and O–H groups in total. The van der Waals surface area contributed by atoms with Crippen LogP contribution in [0.3, 0.4) is 0 Å². The quantitative estimate of drug-likeness (QED) is 0.487. The van der Waals surface area contributed by atoms with Gasteiger partial charge in [0.25, 0.3) is 0 Å². The summed E-state index contributed by atoms with van der Waals surface area (Å²) < 4.78 is 25.2. The Bertz CT molecular complexity index is 231. The van der Waals surface area contributed by atoms with Gasteiger partial charge in [0.2, 0.25) is 10.0 Å². The number of nitrogens with one attached hydrogen (secondary N) is 1. The second-order valence-electron chi connectivity index (χ2n) is 3.25. The van der Waals surface area contributed by atoms with E-state index in [-0.39, 0.29) is 18.4 Å². The number of aliphatic hydroxyl groups excluding tert-OH is 1. The number of alkyl halides is 1. The van der Waals surface area contributed by atoms with Gasteiger partial charge in [-0.3, -0.25) is 0 Å². The number of hydrogen-bond donors (Lipinski definition) is 2. The maximum atomic E-state index is 11.4. The van der Waals surface area contributed by atoms with E-state index in [0.717, 1.165) is 0 Å². The average molecular weight is 244 g/mol. The van der Waals surface area contributed by atoms with Crippen molar-refractivity contribution >= 4 is 21.6 Å². The summed E-state index contributed by atoms with van der Waals surface area (Å²) in [5.41, 5.74) is 0. The standard InChI is InChI=1S/C8H18ClNO3S/c1-8(4-6-11)10-14(12,13)7-3-2-5-9/h8,10-11H,2-7H2,1H3. The first kappa shape index (κ1) is 14.2. The predicted octanol–water partition coefficient (Wildman–Crippen LogP) is 0.696. The topological polar surface area (TPSA) is 66.4 Å². The van der Waals surface area contributed by atoms with Gasteiger partial charge in [-0.25, -0.2) is 13.1 Å². The average Bonchev–Trinajstić information content (AvgIpc) is 2.03. The molecule has 0 bridgehead atoms. The Morgan fingerprint density at radius 2 is 2.07 bits per heavy atom. The molecule has 0 aliphatic carbocycles. The molecule has 0 aliphatic rings. The number of sulfonamides is 1. The van der Waals surface area contributed by atoms with Gasteiger partial charge in [-0.2, -0.15) is 0 Å². The molecule has 0 rings (SSSR count). The number of aliphatic hydroxyl groups is 1. The van der Waals surface area contributed by atoms with E-state index in [1.165, 1.54) is 0 Å². The highest BCUT2D eigenvalue weighted by Crippen LogP contribution is 1.99. The van der Waals surface area contributed by atoms with Crippen molar-refractivity contribution in [3.63, 3.8) is 0 Å². The normalized spacial score (nSPS) is 14.2. The first-order valence-electron chi connectivity index (χ1n) is 4.68. The van der Waals surface area contributed by atoms with E-state index >= 15 is 0 Å². The molecule has 86 valence electrons. The van der Waals surface area contributed by atoms with Crippen LogP contribution in [-0.4, -0.2) is 37.8 Å². The van der Waals surface area contributed by atoms with Crippen LogP contribution in [0.15, 0.2) is 0 Å². The first-order chi connectivity index (χ1) is 6.52. The van der Waals surface area contributed by atoms with Gasteiger partial charge in [0.05, 0.1) is 5.75 Å². The number of halogens is 1. The Labute approximate surface area is 90.7 Å². The first-order valence-corrected chi connectivity index (χ1v) is 6.87. The molecule has 6 heteroatoms. The lowest BCUT2D eigenvalue weighted by atomic mass is 10.3. The second-order valence-corrected chi connectivity index (χ2v) is 5.50.